The third-order valence-corrected chi connectivity index (χ3v) is 3.71. The van der Waals surface area contributed by atoms with E-state index in [0.717, 1.165) is 55.8 Å². The van der Waals surface area contributed by atoms with Crippen molar-refractivity contribution in [1.29, 1.82) is 0 Å². The van der Waals surface area contributed by atoms with E-state index in [2.05, 4.69) is 15.8 Å². The SMILES string of the molecule is CCc1noc(CC)c1CNC(=O)C1CCCNC1. The monoisotopic (exact) mass is 265 g/mol. The van der Waals surface area contributed by atoms with E-state index in [1.807, 2.05) is 13.8 Å². The van der Waals surface area contributed by atoms with E-state index >= 15 is 0 Å². The molecule has 1 amide bonds. The molecule has 0 saturated carbocycles. The highest BCUT2D eigenvalue weighted by Crippen LogP contribution is 2.16. The van der Waals surface area contributed by atoms with Gasteiger partial charge in [0.15, 0.2) is 0 Å². The van der Waals surface area contributed by atoms with Crippen LogP contribution in [-0.4, -0.2) is 24.2 Å². The zero-order chi connectivity index (χ0) is 13.7. The maximum atomic E-state index is 12.1. The Balaban J connectivity index is 1.94. The highest BCUT2D eigenvalue weighted by atomic mass is 16.5. The van der Waals surface area contributed by atoms with E-state index in [1.165, 1.54) is 0 Å². The Morgan fingerprint density at radius 1 is 1.47 bits per heavy atom. The van der Waals surface area contributed by atoms with Crippen molar-refractivity contribution in [3.63, 3.8) is 0 Å². The number of amides is 1. The summed E-state index contributed by atoms with van der Waals surface area (Å²) in [5.74, 6) is 1.13. The van der Waals surface area contributed by atoms with Crippen LogP contribution < -0.4 is 10.6 Å². The second-order valence-electron chi connectivity index (χ2n) is 5.00. The van der Waals surface area contributed by atoms with Crippen molar-refractivity contribution in [1.82, 2.24) is 15.8 Å². The second-order valence-corrected chi connectivity index (χ2v) is 5.00. The zero-order valence-electron chi connectivity index (χ0n) is 11.8. The number of piperidine rings is 1. The van der Waals surface area contributed by atoms with Crippen molar-refractivity contribution >= 4 is 5.91 Å². The predicted octanol–water partition coefficient (Wildman–Crippen LogP) is 1.42. The Morgan fingerprint density at radius 3 is 2.95 bits per heavy atom. The number of aromatic nitrogens is 1. The van der Waals surface area contributed by atoms with Gasteiger partial charge in [0.2, 0.25) is 5.91 Å². The number of nitrogens with zero attached hydrogens (tertiary/aromatic N) is 1. The fourth-order valence-corrected chi connectivity index (χ4v) is 2.53. The molecule has 0 aliphatic carbocycles. The number of hydrogen-bond acceptors (Lipinski definition) is 4. The molecule has 1 unspecified atom stereocenters. The van der Waals surface area contributed by atoms with Crippen LogP contribution in [0.4, 0.5) is 0 Å². The predicted molar refractivity (Wildman–Crippen MR) is 72.7 cm³/mol. The molecular weight excluding hydrogens is 242 g/mol. The van der Waals surface area contributed by atoms with Gasteiger partial charge in [-0.2, -0.15) is 0 Å². The van der Waals surface area contributed by atoms with Crippen molar-refractivity contribution in [2.24, 2.45) is 5.92 Å². The van der Waals surface area contributed by atoms with Crippen LogP contribution in [0.15, 0.2) is 4.52 Å². The lowest BCUT2D eigenvalue weighted by Crippen LogP contribution is -2.40. The Kier molecular flexibility index (Phi) is 4.96. The van der Waals surface area contributed by atoms with Crippen molar-refractivity contribution in [2.45, 2.75) is 46.1 Å². The molecule has 19 heavy (non-hydrogen) atoms. The Morgan fingerprint density at radius 2 is 2.32 bits per heavy atom. The molecule has 1 aromatic rings. The minimum absolute atomic E-state index is 0.101. The maximum Gasteiger partial charge on any atom is 0.224 e. The van der Waals surface area contributed by atoms with E-state index in [4.69, 9.17) is 4.52 Å². The van der Waals surface area contributed by atoms with Gasteiger partial charge in [-0.05, 0) is 25.8 Å². The summed E-state index contributed by atoms with van der Waals surface area (Å²) < 4.78 is 5.30. The lowest BCUT2D eigenvalue weighted by molar-refractivity contribution is -0.125. The van der Waals surface area contributed by atoms with Crippen LogP contribution in [0.2, 0.25) is 0 Å². The zero-order valence-corrected chi connectivity index (χ0v) is 11.8. The molecule has 0 spiro atoms. The van der Waals surface area contributed by atoms with E-state index in [-0.39, 0.29) is 11.8 Å². The van der Waals surface area contributed by atoms with E-state index in [1.54, 1.807) is 0 Å². The normalized spacial score (nSPS) is 19.4. The first kappa shape index (κ1) is 14.1. The summed E-state index contributed by atoms with van der Waals surface area (Å²) in [4.78, 5) is 12.1. The largest absolute Gasteiger partial charge is 0.361 e. The van der Waals surface area contributed by atoms with Crippen LogP contribution in [-0.2, 0) is 24.2 Å². The number of nitrogens with one attached hydrogen (secondary N) is 2. The fraction of sp³-hybridized carbons (Fsp3) is 0.714. The molecule has 5 heteroatoms. The Bertz CT molecular complexity index is 401. The quantitative estimate of drug-likeness (QED) is 0.845. The number of aryl methyl sites for hydroxylation is 2. The molecule has 1 fully saturated rings. The van der Waals surface area contributed by atoms with Gasteiger partial charge in [-0.3, -0.25) is 4.79 Å². The van der Waals surface area contributed by atoms with Crippen LogP contribution in [0.5, 0.6) is 0 Å². The number of carbonyl (C=O) groups is 1. The van der Waals surface area contributed by atoms with Gasteiger partial charge < -0.3 is 15.2 Å². The molecule has 0 radical (unpaired) electrons. The molecule has 1 saturated heterocycles. The van der Waals surface area contributed by atoms with Crippen LogP contribution in [0, 0.1) is 5.92 Å². The lowest BCUT2D eigenvalue weighted by atomic mass is 9.98. The molecule has 2 N–H and O–H groups in total. The molecule has 2 heterocycles. The van der Waals surface area contributed by atoms with Gasteiger partial charge in [-0.1, -0.05) is 19.0 Å². The van der Waals surface area contributed by atoms with Crippen LogP contribution in [0.1, 0.15) is 43.7 Å². The second kappa shape index (κ2) is 6.70. The lowest BCUT2D eigenvalue weighted by Gasteiger charge is -2.21. The standard InChI is InChI=1S/C14H23N3O2/c1-3-12-11(13(4-2)19-17-12)9-16-14(18)10-6-5-7-15-8-10/h10,15H,3-9H2,1-2H3,(H,16,18). The Labute approximate surface area is 114 Å². The van der Waals surface area contributed by atoms with Gasteiger partial charge >= 0.3 is 0 Å². The maximum absolute atomic E-state index is 12.1. The molecule has 2 rings (SSSR count). The van der Waals surface area contributed by atoms with Crippen molar-refractivity contribution in [3.05, 3.63) is 17.0 Å². The minimum atomic E-state index is 0.101. The fourth-order valence-electron chi connectivity index (χ4n) is 2.53. The van der Waals surface area contributed by atoms with Gasteiger partial charge in [0, 0.05) is 25.1 Å². The summed E-state index contributed by atoms with van der Waals surface area (Å²) in [5, 5.41) is 10.3. The molecule has 1 aliphatic rings. The summed E-state index contributed by atoms with van der Waals surface area (Å²) in [6.45, 7) is 6.43. The first-order valence-electron chi connectivity index (χ1n) is 7.21. The van der Waals surface area contributed by atoms with Gasteiger partial charge in [0.1, 0.15) is 5.76 Å². The molecular formula is C14H23N3O2. The Hall–Kier alpha value is -1.36. The smallest absolute Gasteiger partial charge is 0.224 e. The summed E-state index contributed by atoms with van der Waals surface area (Å²) in [5.41, 5.74) is 2.01. The topological polar surface area (TPSA) is 67.2 Å². The molecule has 0 bridgehead atoms. The highest BCUT2D eigenvalue weighted by Gasteiger charge is 2.21. The number of hydrogen-bond donors (Lipinski definition) is 2. The highest BCUT2D eigenvalue weighted by molar-refractivity contribution is 5.79. The minimum Gasteiger partial charge on any atom is -0.361 e. The molecule has 1 aromatic heterocycles. The summed E-state index contributed by atoms with van der Waals surface area (Å²) in [6.07, 6.45) is 3.69. The number of carbonyl (C=O) groups excluding carboxylic acids is 1. The third-order valence-electron chi connectivity index (χ3n) is 3.71. The average Bonchev–Trinajstić information content (AvgIpc) is 2.87. The van der Waals surface area contributed by atoms with Crippen LogP contribution >= 0.6 is 0 Å². The van der Waals surface area contributed by atoms with Gasteiger partial charge in [-0.15, -0.1) is 0 Å². The van der Waals surface area contributed by atoms with Gasteiger partial charge in [0.05, 0.1) is 11.6 Å². The first-order chi connectivity index (χ1) is 9.26. The average molecular weight is 265 g/mol. The summed E-state index contributed by atoms with van der Waals surface area (Å²) in [7, 11) is 0. The van der Waals surface area contributed by atoms with Crippen molar-refractivity contribution < 1.29 is 9.32 Å². The number of rotatable bonds is 5. The molecule has 1 atom stereocenters. The van der Waals surface area contributed by atoms with E-state index in [9.17, 15) is 4.79 Å². The van der Waals surface area contributed by atoms with Crippen molar-refractivity contribution in [3.8, 4) is 0 Å². The van der Waals surface area contributed by atoms with E-state index < -0.39 is 0 Å². The van der Waals surface area contributed by atoms with Gasteiger partial charge in [0.25, 0.3) is 0 Å². The first-order valence-corrected chi connectivity index (χ1v) is 7.21. The van der Waals surface area contributed by atoms with E-state index in [0.29, 0.717) is 6.54 Å². The summed E-state index contributed by atoms with van der Waals surface area (Å²) >= 11 is 0. The molecule has 1 aliphatic heterocycles. The summed E-state index contributed by atoms with van der Waals surface area (Å²) in [6, 6.07) is 0. The van der Waals surface area contributed by atoms with Crippen LogP contribution in [0.25, 0.3) is 0 Å². The van der Waals surface area contributed by atoms with Gasteiger partial charge in [-0.25, -0.2) is 0 Å². The molecule has 106 valence electrons. The third kappa shape index (κ3) is 3.35. The van der Waals surface area contributed by atoms with Crippen LogP contribution in [0.3, 0.4) is 0 Å². The molecule has 0 aromatic carbocycles. The van der Waals surface area contributed by atoms with Crippen molar-refractivity contribution in [2.75, 3.05) is 13.1 Å². The molecule has 5 nitrogen and oxygen atoms in total.